The zero-order valence-electron chi connectivity index (χ0n) is 18.6. The lowest BCUT2D eigenvalue weighted by Crippen LogP contribution is -2.52. The second kappa shape index (κ2) is 8.64. The van der Waals surface area contributed by atoms with Crippen molar-refractivity contribution >= 4 is 27.3 Å². The molecule has 1 saturated heterocycles. The van der Waals surface area contributed by atoms with Gasteiger partial charge in [-0.25, -0.2) is 12.8 Å². The van der Waals surface area contributed by atoms with Crippen molar-refractivity contribution in [2.24, 2.45) is 0 Å². The van der Waals surface area contributed by atoms with Crippen LogP contribution in [0.3, 0.4) is 0 Å². The number of methoxy groups -OCH3 is 1. The van der Waals surface area contributed by atoms with Gasteiger partial charge in [0.25, 0.3) is 10.0 Å². The van der Waals surface area contributed by atoms with Crippen molar-refractivity contribution in [3.8, 4) is 16.9 Å². The average Bonchev–Trinajstić information content (AvgIpc) is 2.87. The Morgan fingerprint density at radius 2 is 1.65 bits per heavy atom. The third-order valence-corrected chi connectivity index (χ3v) is 8.14. The van der Waals surface area contributed by atoms with E-state index in [2.05, 4.69) is 4.90 Å². The normalized spacial score (nSPS) is 16.6. The van der Waals surface area contributed by atoms with E-state index in [1.54, 1.807) is 30.2 Å². The zero-order valence-corrected chi connectivity index (χ0v) is 19.5. The second-order valence-corrected chi connectivity index (χ2v) is 10.1. The highest BCUT2D eigenvalue weighted by Crippen LogP contribution is 2.43. The lowest BCUT2D eigenvalue weighted by atomic mass is 10.0. The Labute approximate surface area is 198 Å². The number of carbonyl (C=O) groups is 1. The highest BCUT2D eigenvalue weighted by molar-refractivity contribution is 7.93. The fourth-order valence-corrected chi connectivity index (χ4v) is 6.15. The van der Waals surface area contributed by atoms with Crippen molar-refractivity contribution in [2.75, 3.05) is 49.0 Å². The topological polar surface area (TPSA) is 70.2 Å². The first-order chi connectivity index (χ1) is 16.4. The van der Waals surface area contributed by atoms with Gasteiger partial charge in [0.1, 0.15) is 18.1 Å². The monoisotopic (exact) mass is 481 g/mol. The van der Waals surface area contributed by atoms with E-state index in [4.69, 9.17) is 4.74 Å². The number of halogens is 1. The van der Waals surface area contributed by atoms with Gasteiger partial charge in [-0.1, -0.05) is 18.2 Å². The maximum absolute atomic E-state index is 14.0. The summed E-state index contributed by atoms with van der Waals surface area (Å²) >= 11 is 0. The predicted octanol–water partition coefficient (Wildman–Crippen LogP) is 3.36. The molecular formula is C25H24FN3O4S. The molecule has 2 aliphatic heterocycles. The molecule has 0 atom stereocenters. The molecule has 3 aromatic carbocycles. The number of amides is 1. The summed E-state index contributed by atoms with van der Waals surface area (Å²) in [6.45, 7) is 1.89. The Balaban J connectivity index is 1.35. The summed E-state index contributed by atoms with van der Waals surface area (Å²) in [5.74, 6) is 0.0310. The van der Waals surface area contributed by atoms with Crippen LogP contribution in [0.5, 0.6) is 5.75 Å². The van der Waals surface area contributed by atoms with Crippen LogP contribution in [-0.4, -0.2) is 59.1 Å². The quantitative estimate of drug-likeness (QED) is 0.572. The van der Waals surface area contributed by atoms with E-state index in [-0.39, 0.29) is 17.3 Å². The number of ether oxygens (including phenoxy) is 1. The Morgan fingerprint density at radius 3 is 2.35 bits per heavy atom. The second-order valence-electron chi connectivity index (χ2n) is 8.24. The number of fused-ring (bicyclic) bond motifs is 3. The Morgan fingerprint density at radius 1 is 0.941 bits per heavy atom. The van der Waals surface area contributed by atoms with E-state index >= 15 is 0 Å². The highest BCUT2D eigenvalue weighted by Gasteiger charge is 2.37. The molecule has 1 amide bonds. The van der Waals surface area contributed by atoms with Crippen LogP contribution in [0.4, 0.5) is 15.8 Å². The third kappa shape index (κ3) is 3.86. The first-order valence-electron chi connectivity index (χ1n) is 11.0. The molecule has 0 radical (unpaired) electrons. The lowest BCUT2D eigenvalue weighted by Gasteiger charge is -2.38. The van der Waals surface area contributed by atoms with Gasteiger partial charge >= 0.3 is 0 Å². The van der Waals surface area contributed by atoms with Crippen molar-refractivity contribution in [1.29, 1.82) is 0 Å². The maximum Gasteiger partial charge on any atom is 0.265 e. The van der Waals surface area contributed by atoms with Crippen LogP contribution in [0.2, 0.25) is 0 Å². The van der Waals surface area contributed by atoms with E-state index < -0.39 is 15.8 Å². The predicted molar refractivity (Wildman–Crippen MR) is 128 cm³/mol. The Hall–Kier alpha value is -3.59. The average molecular weight is 482 g/mol. The van der Waals surface area contributed by atoms with Gasteiger partial charge in [0.15, 0.2) is 0 Å². The van der Waals surface area contributed by atoms with Crippen LogP contribution in [0.1, 0.15) is 0 Å². The number of hydrogen-bond acceptors (Lipinski definition) is 5. The molecule has 0 bridgehead atoms. The molecule has 0 aliphatic carbocycles. The fraction of sp³-hybridized carbons (Fsp3) is 0.240. The standard InChI is InChI=1S/C25H24FN3O4S/c1-33-20-9-7-19(8-10-20)27-12-14-28(15-13-27)25(30)17-29-23-11-6-18(26)16-22(23)21-4-2-3-5-24(21)34(29,31)32/h2-11,16H,12-15,17H2,1H3. The van der Waals surface area contributed by atoms with Gasteiger partial charge in [-0.05, 0) is 48.5 Å². The molecule has 3 aromatic rings. The summed E-state index contributed by atoms with van der Waals surface area (Å²) in [5, 5.41) is 0. The van der Waals surface area contributed by atoms with Crippen molar-refractivity contribution < 1.29 is 22.3 Å². The van der Waals surface area contributed by atoms with Crippen LogP contribution in [0.15, 0.2) is 71.6 Å². The summed E-state index contributed by atoms with van der Waals surface area (Å²) < 4.78 is 47.1. The number of nitrogens with zero attached hydrogens (tertiary/aromatic N) is 3. The number of piperazine rings is 1. The van der Waals surface area contributed by atoms with Crippen LogP contribution in [-0.2, 0) is 14.8 Å². The fourth-order valence-electron chi connectivity index (χ4n) is 4.50. The summed E-state index contributed by atoms with van der Waals surface area (Å²) in [7, 11) is -2.34. The molecule has 34 heavy (non-hydrogen) atoms. The molecule has 0 saturated carbocycles. The van der Waals surface area contributed by atoms with Gasteiger partial charge in [0, 0.05) is 43.0 Å². The van der Waals surface area contributed by atoms with Crippen LogP contribution in [0, 0.1) is 5.82 Å². The molecule has 2 heterocycles. The molecule has 176 valence electrons. The van der Waals surface area contributed by atoms with E-state index in [9.17, 15) is 17.6 Å². The number of benzene rings is 3. The van der Waals surface area contributed by atoms with Crippen molar-refractivity contribution in [2.45, 2.75) is 4.90 Å². The molecule has 9 heteroatoms. The number of anilines is 2. The Kier molecular flexibility index (Phi) is 5.65. The van der Waals surface area contributed by atoms with E-state index in [1.807, 2.05) is 24.3 Å². The maximum atomic E-state index is 14.0. The van der Waals surface area contributed by atoms with Gasteiger partial charge in [0.2, 0.25) is 5.91 Å². The van der Waals surface area contributed by atoms with Crippen molar-refractivity contribution in [1.82, 2.24) is 4.90 Å². The van der Waals surface area contributed by atoms with Gasteiger partial charge in [-0.15, -0.1) is 0 Å². The van der Waals surface area contributed by atoms with Gasteiger partial charge in [-0.3, -0.25) is 9.10 Å². The molecule has 5 rings (SSSR count). The smallest absolute Gasteiger partial charge is 0.265 e. The van der Waals surface area contributed by atoms with Crippen molar-refractivity contribution in [3.63, 3.8) is 0 Å². The minimum Gasteiger partial charge on any atom is -0.497 e. The molecule has 0 aromatic heterocycles. The van der Waals surface area contributed by atoms with Crippen LogP contribution >= 0.6 is 0 Å². The summed E-state index contributed by atoms with van der Waals surface area (Å²) in [6.07, 6.45) is 0. The molecule has 2 aliphatic rings. The Bertz CT molecular complexity index is 1340. The molecule has 1 fully saturated rings. The minimum atomic E-state index is -3.96. The van der Waals surface area contributed by atoms with Crippen LogP contribution in [0.25, 0.3) is 11.1 Å². The largest absolute Gasteiger partial charge is 0.497 e. The summed E-state index contributed by atoms with van der Waals surface area (Å²) in [4.78, 5) is 17.1. The zero-order chi connectivity index (χ0) is 23.9. The summed E-state index contributed by atoms with van der Waals surface area (Å²) in [6, 6.07) is 18.2. The first-order valence-corrected chi connectivity index (χ1v) is 12.4. The van der Waals surface area contributed by atoms with E-state index in [1.165, 1.54) is 24.3 Å². The first kappa shape index (κ1) is 22.2. The number of sulfonamides is 1. The minimum absolute atomic E-state index is 0.0743. The summed E-state index contributed by atoms with van der Waals surface area (Å²) in [5.41, 5.74) is 2.25. The SMILES string of the molecule is COc1ccc(N2CCN(C(=O)CN3c4ccc(F)cc4-c4ccccc4S3(=O)=O)CC2)cc1. The van der Waals surface area contributed by atoms with Crippen LogP contribution < -0.4 is 13.9 Å². The molecule has 0 unspecified atom stereocenters. The van der Waals surface area contributed by atoms with E-state index in [0.717, 1.165) is 15.7 Å². The lowest BCUT2D eigenvalue weighted by molar-refractivity contribution is -0.129. The molecule has 7 nitrogen and oxygen atoms in total. The number of hydrogen-bond donors (Lipinski definition) is 0. The molecule has 0 N–H and O–H groups in total. The highest BCUT2D eigenvalue weighted by atomic mass is 32.2. The van der Waals surface area contributed by atoms with Gasteiger partial charge in [-0.2, -0.15) is 0 Å². The van der Waals surface area contributed by atoms with Gasteiger partial charge < -0.3 is 14.5 Å². The van der Waals surface area contributed by atoms with E-state index in [0.29, 0.717) is 43.0 Å². The van der Waals surface area contributed by atoms with Crippen molar-refractivity contribution in [3.05, 3.63) is 72.5 Å². The number of rotatable bonds is 4. The molecular weight excluding hydrogens is 457 g/mol. The molecule has 0 spiro atoms. The number of carbonyl (C=O) groups excluding carboxylic acids is 1. The van der Waals surface area contributed by atoms with Gasteiger partial charge in [0.05, 0.1) is 17.7 Å². The third-order valence-electron chi connectivity index (χ3n) is 6.32.